The average molecular weight is 827 g/mol. The highest BCUT2D eigenvalue weighted by Crippen LogP contribution is 2.14. The first-order chi connectivity index (χ1) is 28.9. The Morgan fingerprint density at radius 2 is 1.00 bits per heavy atom. The van der Waals surface area contributed by atoms with Crippen LogP contribution in [0.5, 0.6) is 0 Å². The van der Waals surface area contributed by atoms with Crippen LogP contribution in [0.2, 0.25) is 0 Å². The van der Waals surface area contributed by atoms with Gasteiger partial charge in [0.25, 0.3) is 5.91 Å². The zero-order valence-corrected chi connectivity index (χ0v) is 34.5. The van der Waals surface area contributed by atoms with Crippen LogP contribution in [0.25, 0.3) is 0 Å². The third kappa shape index (κ3) is 20.1. The number of carboxylic acids is 1. The van der Waals surface area contributed by atoms with Gasteiger partial charge in [-0.25, -0.2) is 4.79 Å². The molecule has 60 heavy (non-hydrogen) atoms. The summed E-state index contributed by atoms with van der Waals surface area (Å²) in [6.45, 7) is 0.297. The number of amides is 6. The molecule has 0 aromatic heterocycles. The molecule has 14 heteroatoms. The number of nitrogens with two attached hydrogens (primary N) is 2. The van der Waals surface area contributed by atoms with Crippen molar-refractivity contribution in [3.63, 3.8) is 0 Å². The van der Waals surface area contributed by atoms with E-state index in [2.05, 4.69) is 21.3 Å². The van der Waals surface area contributed by atoms with Crippen molar-refractivity contribution in [3.05, 3.63) is 107 Å². The van der Waals surface area contributed by atoms with E-state index in [1.807, 2.05) is 36.4 Å². The van der Waals surface area contributed by atoms with Crippen LogP contribution in [0.1, 0.15) is 123 Å². The molecule has 0 bridgehead atoms. The van der Waals surface area contributed by atoms with Crippen LogP contribution >= 0.6 is 0 Å². The number of unbranched alkanes of at least 4 members (excludes halogenated alkanes) is 11. The third-order valence-corrected chi connectivity index (χ3v) is 10.1. The monoisotopic (exact) mass is 826 g/mol. The highest BCUT2D eigenvalue weighted by molar-refractivity contribution is 5.97. The maximum Gasteiger partial charge on any atom is 0.326 e. The smallest absolute Gasteiger partial charge is 0.326 e. The lowest BCUT2D eigenvalue weighted by Gasteiger charge is -2.21. The van der Waals surface area contributed by atoms with Crippen LogP contribution in [0.4, 0.5) is 0 Å². The Morgan fingerprint density at radius 3 is 1.50 bits per heavy atom. The molecule has 0 saturated carbocycles. The summed E-state index contributed by atoms with van der Waals surface area (Å²) in [6.07, 6.45) is 12.5. The lowest BCUT2D eigenvalue weighted by molar-refractivity contribution is -0.142. The number of nitrogens with one attached hydrogen (secondary N) is 4. The molecule has 324 valence electrons. The molecular formula is C46H62N6O8. The molecule has 0 saturated heterocycles. The van der Waals surface area contributed by atoms with Crippen molar-refractivity contribution in [3.8, 4) is 0 Å². The van der Waals surface area contributed by atoms with Gasteiger partial charge in [0, 0.05) is 37.8 Å². The highest BCUT2D eigenvalue weighted by Gasteiger charge is 2.28. The topological polar surface area (TPSA) is 240 Å². The number of primary amides is 2. The van der Waals surface area contributed by atoms with Crippen molar-refractivity contribution in [2.24, 2.45) is 11.5 Å². The molecular weight excluding hydrogens is 765 g/mol. The van der Waals surface area contributed by atoms with Crippen molar-refractivity contribution < 1.29 is 38.7 Å². The average Bonchev–Trinajstić information content (AvgIpc) is 3.22. The molecule has 3 aromatic carbocycles. The zero-order chi connectivity index (χ0) is 43.5. The van der Waals surface area contributed by atoms with Gasteiger partial charge in [-0.3, -0.25) is 28.8 Å². The molecule has 0 aliphatic heterocycles. The number of benzene rings is 3. The fraction of sp³-hybridized carbons (Fsp3) is 0.457. The summed E-state index contributed by atoms with van der Waals surface area (Å²) in [5, 5.41) is 20.2. The first-order valence-corrected chi connectivity index (χ1v) is 21.1. The van der Waals surface area contributed by atoms with Crippen molar-refractivity contribution >= 4 is 41.4 Å². The Balaban J connectivity index is 1.19. The number of hydrogen-bond donors (Lipinski definition) is 7. The van der Waals surface area contributed by atoms with Crippen LogP contribution in [-0.2, 0) is 48.2 Å². The van der Waals surface area contributed by atoms with E-state index in [-0.39, 0.29) is 18.7 Å². The van der Waals surface area contributed by atoms with Gasteiger partial charge in [0.05, 0.1) is 6.42 Å². The van der Waals surface area contributed by atoms with Crippen LogP contribution < -0.4 is 32.7 Å². The summed E-state index contributed by atoms with van der Waals surface area (Å²) in [4.78, 5) is 86.1. The van der Waals surface area contributed by atoms with E-state index in [0.717, 1.165) is 87.3 Å². The van der Waals surface area contributed by atoms with Crippen molar-refractivity contribution in [1.29, 1.82) is 0 Å². The van der Waals surface area contributed by atoms with Gasteiger partial charge in [-0.15, -0.1) is 0 Å². The lowest BCUT2D eigenvalue weighted by atomic mass is 10.0. The van der Waals surface area contributed by atoms with Gasteiger partial charge in [-0.2, -0.15) is 0 Å². The second-order valence-electron chi connectivity index (χ2n) is 15.2. The molecule has 6 amide bonds. The van der Waals surface area contributed by atoms with Gasteiger partial charge < -0.3 is 37.8 Å². The van der Waals surface area contributed by atoms with Gasteiger partial charge in [0.15, 0.2) is 0 Å². The standard InChI is InChI=1S/C46H62N6O8/c47-40(53)31-38(45(58)52-39(46(59)60)30-34-22-15-12-16-23-34)50-42(55)27-18-10-8-6-4-2-1-3-5-7-9-17-26-41(54)49-32-35-24-19-25-36(28-35)44(57)51-37(43(48)56)29-33-20-13-11-14-21-33/h11-16,19-25,28,37-39H,1-10,17-18,26-27,29-32H2,(H2,47,53)(H2,48,56)(H,49,54)(H,50,55)(H,51,57)(H,52,58)(H,59,60)/t37-,38-,39-/m0/s1. The Bertz CT molecular complexity index is 1820. The first-order valence-electron chi connectivity index (χ1n) is 21.1. The molecule has 3 aromatic rings. The molecule has 0 radical (unpaired) electrons. The van der Waals surface area contributed by atoms with E-state index < -0.39 is 60.1 Å². The lowest BCUT2D eigenvalue weighted by Crippen LogP contribution is -2.53. The number of aliphatic carboxylic acids is 1. The number of carboxylic acid groups (broad SMARTS) is 1. The minimum absolute atomic E-state index is 0.0392. The van der Waals surface area contributed by atoms with Gasteiger partial charge in [-0.1, -0.05) is 137 Å². The number of rotatable bonds is 30. The molecule has 3 rings (SSSR count). The van der Waals surface area contributed by atoms with Crippen LogP contribution in [0.15, 0.2) is 84.9 Å². The molecule has 0 heterocycles. The maximum atomic E-state index is 12.9. The fourth-order valence-corrected chi connectivity index (χ4v) is 6.76. The third-order valence-electron chi connectivity index (χ3n) is 10.1. The Labute approximate surface area is 353 Å². The van der Waals surface area contributed by atoms with Crippen molar-refractivity contribution in [2.45, 2.75) is 134 Å². The Kier molecular flexibility index (Phi) is 22.2. The quantitative estimate of drug-likeness (QED) is 0.0461. The zero-order valence-electron chi connectivity index (χ0n) is 34.5. The van der Waals surface area contributed by atoms with E-state index in [1.54, 1.807) is 48.5 Å². The van der Waals surface area contributed by atoms with E-state index >= 15 is 0 Å². The normalized spacial score (nSPS) is 12.3. The van der Waals surface area contributed by atoms with Gasteiger partial charge in [0.1, 0.15) is 18.1 Å². The summed E-state index contributed by atoms with van der Waals surface area (Å²) in [7, 11) is 0. The van der Waals surface area contributed by atoms with Crippen molar-refractivity contribution in [1.82, 2.24) is 21.3 Å². The van der Waals surface area contributed by atoms with Crippen LogP contribution in [-0.4, -0.2) is 64.6 Å². The number of carbonyl (C=O) groups is 7. The summed E-state index contributed by atoms with van der Waals surface area (Å²) in [6, 6.07) is 21.8. The number of carbonyl (C=O) groups excluding carboxylic acids is 6. The molecule has 0 unspecified atom stereocenters. The molecule has 0 aliphatic carbocycles. The van der Waals surface area contributed by atoms with Crippen LogP contribution in [0.3, 0.4) is 0 Å². The van der Waals surface area contributed by atoms with Gasteiger partial charge in [0.2, 0.25) is 29.5 Å². The predicted molar refractivity (Wildman–Crippen MR) is 229 cm³/mol. The summed E-state index contributed by atoms with van der Waals surface area (Å²) >= 11 is 0. The van der Waals surface area contributed by atoms with E-state index in [1.165, 1.54) is 0 Å². The maximum absolute atomic E-state index is 12.9. The van der Waals surface area contributed by atoms with E-state index in [0.29, 0.717) is 31.4 Å². The highest BCUT2D eigenvalue weighted by atomic mass is 16.4. The second kappa shape index (κ2) is 27.6. The Hall–Kier alpha value is -6.05. The van der Waals surface area contributed by atoms with Gasteiger partial charge in [-0.05, 0) is 41.7 Å². The molecule has 14 nitrogen and oxygen atoms in total. The molecule has 0 spiro atoms. The van der Waals surface area contributed by atoms with Crippen molar-refractivity contribution in [2.75, 3.05) is 0 Å². The summed E-state index contributed by atoms with van der Waals surface area (Å²) in [5.74, 6) is -4.24. The molecule has 9 N–H and O–H groups in total. The number of hydrogen-bond acceptors (Lipinski definition) is 7. The van der Waals surface area contributed by atoms with E-state index in [4.69, 9.17) is 11.5 Å². The largest absolute Gasteiger partial charge is 0.480 e. The molecule has 3 atom stereocenters. The SMILES string of the molecule is NC(=O)C[C@H](NC(=O)CCCCCCCCCCCCCCC(=O)NCc1cccc(C(=O)N[C@@H](Cc2ccccc2)C(N)=O)c1)C(=O)N[C@@H](Cc1ccccc1)C(=O)O. The minimum atomic E-state index is -1.26. The predicted octanol–water partition coefficient (Wildman–Crippen LogP) is 4.76. The molecule has 0 fully saturated rings. The van der Waals surface area contributed by atoms with Gasteiger partial charge >= 0.3 is 5.97 Å². The van der Waals surface area contributed by atoms with Crippen LogP contribution in [0, 0.1) is 0 Å². The summed E-state index contributed by atoms with van der Waals surface area (Å²) < 4.78 is 0. The minimum Gasteiger partial charge on any atom is -0.480 e. The van der Waals surface area contributed by atoms with E-state index in [9.17, 15) is 38.7 Å². The second-order valence-corrected chi connectivity index (χ2v) is 15.2. The summed E-state index contributed by atoms with van der Waals surface area (Å²) in [5.41, 5.74) is 13.6. The Morgan fingerprint density at radius 1 is 0.517 bits per heavy atom. The first kappa shape index (κ1) is 48.3. The molecule has 0 aliphatic rings. The fourth-order valence-electron chi connectivity index (χ4n) is 6.76.